The third kappa shape index (κ3) is 3.12. The van der Waals surface area contributed by atoms with E-state index >= 15 is 0 Å². The molecule has 0 radical (unpaired) electrons. The molecular weight excluding hydrogens is 291 g/mol. The standard InChI is InChI=1S/C15H23FN2O2S/c1-10-8-12(16)9-11(2)15(10)21(19,20)18(3)14-7-5-4-6-13(14)17/h8-9,13-14H,4-7,17H2,1-3H3. The van der Waals surface area contributed by atoms with Gasteiger partial charge in [-0.05, 0) is 49.9 Å². The van der Waals surface area contributed by atoms with Gasteiger partial charge in [0.2, 0.25) is 10.0 Å². The predicted octanol–water partition coefficient (Wildman–Crippen LogP) is 2.33. The second-order valence-electron chi connectivity index (χ2n) is 5.91. The van der Waals surface area contributed by atoms with Crippen molar-refractivity contribution < 1.29 is 12.8 Å². The molecule has 0 amide bonds. The Hall–Kier alpha value is -0.980. The van der Waals surface area contributed by atoms with Crippen LogP contribution in [0.25, 0.3) is 0 Å². The molecule has 2 unspecified atom stereocenters. The van der Waals surface area contributed by atoms with Crippen LogP contribution < -0.4 is 5.73 Å². The van der Waals surface area contributed by atoms with Crippen molar-refractivity contribution in [2.45, 2.75) is 56.5 Å². The number of benzene rings is 1. The van der Waals surface area contributed by atoms with Crippen LogP contribution in [0, 0.1) is 19.7 Å². The van der Waals surface area contributed by atoms with Crippen molar-refractivity contribution in [2.75, 3.05) is 7.05 Å². The summed E-state index contributed by atoms with van der Waals surface area (Å²) in [7, 11) is -2.09. The van der Waals surface area contributed by atoms with Crippen molar-refractivity contribution in [3.05, 3.63) is 29.1 Å². The molecule has 118 valence electrons. The highest BCUT2D eigenvalue weighted by atomic mass is 32.2. The van der Waals surface area contributed by atoms with Gasteiger partial charge in [-0.3, -0.25) is 0 Å². The topological polar surface area (TPSA) is 63.4 Å². The Morgan fingerprint density at radius 2 is 1.71 bits per heavy atom. The summed E-state index contributed by atoms with van der Waals surface area (Å²) in [5, 5.41) is 0. The lowest BCUT2D eigenvalue weighted by atomic mass is 9.91. The SMILES string of the molecule is Cc1cc(F)cc(C)c1S(=O)(=O)N(C)C1CCCCC1N. The van der Waals surface area contributed by atoms with Gasteiger partial charge in [-0.1, -0.05) is 12.8 Å². The largest absolute Gasteiger partial charge is 0.326 e. The molecule has 0 heterocycles. The maximum absolute atomic E-state index is 13.4. The highest BCUT2D eigenvalue weighted by Crippen LogP contribution is 2.29. The van der Waals surface area contributed by atoms with Gasteiger partial charge in [-0.15, -0.1) is 0 Å². The summed E-state index contributed by atoms with van der Waals surface area (Å²) in [5.41, 5.74) is 6.96. The number of nitrogens with two attached hydrogens (primary N) is 1. The Kier molecular flexibility index (Phi) is 4.70. The van der Waals surface area contributed by atoms with Crippen LogP contribution in [0.2, 0.25) is 0 Å². The Bertz CT molecular complexity index is 608. The minimum atomic E-state index is -3.66. The van der Waals surface area contributed by atoms with Crippen LogP contribution in [0.15, 0.2) is 17.0 Å². The van der Waals surface area contributed by atoms with E-state index in [9.17, 15) is 12.8 Å². The van der Waals surface area contributed by atoms with Crippen LogP contribution in [0.4, 0.5) is 4.39 Å². The summed E-state index contributed by atoms with van der Waals surface area (Å²) in [6.45, 7) is 3.25. The lowest BCUT2D eigenvalue weighted by Gasteiger charge is -2.35. The smallest absolute Gasteiger partial charge is 0.243 e. The third-order valence-corrected chi connectivity index (χ3v) is 6.50. The highest BCUT2D eigenvalue weighted by Gasteiger charge is 2.34. The van der Waals surface area contributed by atoms with Gasteiger partial charge in [0.15, 0.2) is 0 Å². The molecule has 2 atom stereocenters. The quantitative estimate of drug-likeness (QED) is 0.931. The van der Waals surface area contributed by atoms with E-state index < -0.39 is 15.8 Å². The van der Waals surface area contributed by atoms with E-state index in [4.69, 9.17) is 5.73 Å². The molecule has 0 spiro atoms. The predicted molar refractivity (Wildman–Crippen MR) is 81.1 cm³/mol. The van der Waals surface area contributed by atoms with Gasteiger partial charge >= 0.3 is 0 Å². The Morgan fingerprint density at radius 3 is 2.24 bits per heavy atom. The summed E-state index contributed by atoms with van der Waals surface area (Å²) in [5.74, 6) is -0.416. The summed E-state index contributed by atoms with van der Waals surface area (Å²) < 4.78 is 40.5. The van der Waals surface area contributed by atoms with Gasteiger partial charge in [-0.2, -0.15) is 4.31 Å². The van der Waals surface area contributed by atoms with Crippen LogP contribution >= 0.6 is 0 Å². The molecular formula is C15H23FN2O2S. The molecule has 1 aliphatic carbocycles. The second-order valence-corrected chi connectivity index (χ2v) is 7.84. The fourth-order valence-electron chi connectivity index (χ4n) is 3.22. The van der Waals surface area contributed by atoms with Crippen LogP contribution in [-0.4, -0.2) is 31.9 Å². The molecule has 6 heteroatoms. The van der Waals surface area contributed by atoms with Gasteiger partial charge in [0.1, 0.15) is 5.82 Å². The number of sulfonamides is 1. The Morgan fingerprint density at radius 1 is 1.19 bits per heavy atom. The fourth-order valence-corrected chi connectivity index (χ4v) is 5.06. The van der Waals surface area contributed by atoms with Crippen molar-refractivity contribution in [1.29, 1.82) is 0 Å². The number of halogens is 1. The number of hydrogen-bond acceptors (Lipinski definition) is 3. The van der Waals surface area contributed by atoms with Crippen molar-refractivity contribution in [3.8, 4) is 0 Å². The molecule has 1 aromatic carbocycles. The van der Waals surface area contributed by atoms with Crippen LogP contribution in [-0.2, 0) is 10.0 Å². The molecule has 1 aromatic rings. The molecule has 2 rings (SSSR count). The molecule has 1 saturated carbocycles. The summed E-state index contributed by atoms with van der Waals surface area (Å²) in [6, 6.07) is 2.19. The first-order valence-corrected chi connectivity index (χ1v) is 8.69. The normalized spacial score (nSPS) is 23.5. The summed E-state index contributed by atoms with van der Waals surface area (Å²) in [6.07, 6.45) is 3.64. The first-order valence-electron chi connectivity index (χ1n) is 7.25. The molecule has 2 N–H and O–H groups in total. The van der Waals surface area contributed by atoms with E-state index in [-0.39, 0.29) is 17.0 Å². The number of aryl methyl sites for hydroxylation is 2. The first kappa shape index (κ1) is 16.4. The average molecular weight is 314 g/mol. The average Bonchev–Trinajstić information content (AvgIpc) is 2.36. The maximum atomic E-state index is 13.4. The first-order chi connectivity index (χ1) is 9.75. The van der Waals surface area contributed by atoms with E-state index in [2.05, 4.69) is 0 Å². The van der Waals surface area contributed by atoms with Crippen molar-refractivity contribution in [3.63, 3.8) is 0 Å². The van der Waals surface area contributed by atoms with Gasteiger partial charge < -0.3 is 5.73 Å². The minimum absolute atomic E-state index is 0.139. The summed E-state index contributed by atoms with van der Waals surface area (Å²) in [4.78, 5) is 0.198. The van der Waals surface area contributed by atoms with Crippen molar-refractivity contribution >= 4 is 10.0 Å². The maximum Gasteiger partial charge on any atom is 0.243 e. The monoisotopic (exact) mass is 314 g/mol. The van der Waals surface area contributed by atoms with Gasteiger partial charge in [-0.25, -0.2) is 12.8 Å². The molecule has 0 saturated heterocycles. The molecule has 4 nitrogen and oxygen atoms in total. The van der Waals surface area contributed by atoms with E-state index in [1.807, 2.05) is 0 Å². The highest BCUT2D eigenvalue weighted by molar-refractivity contribution is 7.89. The molecule has 0 bridgehead atoms. The lowest BCUT2D eigenvalue weighted by molar-refractivity contribution is 0.252. The Balaban J connectivity index is 2.42. The van der Waals surface area contributed by atoms with E-state index in [1.54, 1.807) is 20.9 Å². The van der Waals surface area contributed by atoms with Gasteiger partial charge in [0.25, 0.3) is 0 Å². The van der Waals surface area contributed by atoms with E-state index in [0.717, 1.165) is 25.7 Å². The molecule has 21 heavy (non-hydrogen) atoms. The molecule has 1 fully saturated rings. The van der Waals surface area contributed by atoms with Crippen LogP contribution in [0.5, 0.6) is 0 Å². The van der Waals surface area contributed by atoms with Crippen LogP contribution in [0.1, 0.15) is 36.8 Å². The number of rotatable bonds is 3. The molecule has 1 aliphatic rings. The zero-order valence-electron chi connectivity index (χ0n) is 12.8. The second kappa shape index (κ2) is 6.02. The third-order valence-electron chi connectivity index (χ3n) is 4.31. The Labute approximate surface area is 126 Å². The zero-order valence-corrected chi connectivity index (χ0v) is 13.6. The zero-order chi connectivity index (χ0) is 15.8. The van der Waals surface area contributed by atoms with Crippen molar-refractivity contribution in [2.24, 2.45) is 5.73 Å². The van der Waals surface area contributed by atoms with Gasteiger partial charge in [0.05, 0.1) is 4.90 Å². The number of nitrogens with zero attached hydrogens (tertiary/aromatic N) is 1. The van der Waals surface area contributed by atoms with Crippen molar-refractivity contribution in [1.82, 2.24) is 4.31 Å². The molecule has 0 aliphatic heterocycles. The fraction of sp³-hybridized carbons (Fsp3) is 0.600. The minimum Gasteiger partial charge on any atom is -0.326 e. The summed E-state index contributed by atoms with van der Waals surface area (Å²) >= 11 is 0. The van der Waals surface area contributed by atoms with Crippen LogP contribution in [0.3, 0.4) is 0 Å². The molecule has 0 aromatic heterocycles. The van der Waals surface area contributed by atoms with Gasteiger partial charge in [0, 0.05) is 19.1 Å². The lowest BCUT2D eigenvalue weighted by Crippen LogP contribution is -2.50. The number of hydrogen-bond donors (Lipinski definition) is 1. The van der Waals surface area contributed by atoms with E-state index in [1.165, 1.54) is 16.4 Å². The number of likely N-dealkylation sites (N-methyl/N-ethyl adjacent to an activating group) is 1. The van der Waals surface area contributed by atoms with E-state index in [0.29, 0.717) is 11.1 Å².